The zero-order valence-corrected chi connectivity index (χ0v) is 13.2. The summed E-state index contributed by atoms with van der Waals surface area (Å²) in [5.41, 5.74) is 6.46. The highest BCUT2D eigenvalue weighted by molar-refractivity contribution is 7.13. The first-order valence-electron chi connectivity index (χ1n) is 6.85. The van der Waals surface area contributed by atoms with E-state index in [1.165, 1.54) is 21.4 Å². The molecule has 0 bridgehead atoms. The molecule has 0 radical (unpaired) electrons. The van der Waals surface area contributed by atoms with Crippen molar-refractivity contribution in [3.8, 4) is 0 Å². The number of nitrogens with one attached hydrogen (secondary N) is 1. The van der Waals surface area contributed by atoms with Gasteiger partial charge < -0.3 is 0 Å². The molecule has 0 spiro atoms. The van der Waals surface area contributed by atoms with Gasteiger partial charge >= 0.3 is 0 Å². The van der Waals surface area contributed by atoms with Crippen molar-refractivity contribution >= 4 is 34.3 Å². The quantitative estimate of drug-likeness (QED) is 0.563. The van der Waals surface area contributed by atoms with Gasteiger partial charge in [-0.1, -0.05) is 11.6 Å². The van der Waals surface area contributed by atoms with Crippen LogP contribution < -0.4 is 5.43 Å². The fraction of sp³-hybridized carbons (Fsp3) is 0.176. The van der Waals surface area contributed by atoms with E-state index < -0.39 is 0 Å². The van der Waals surface area contributed by atoms with Gasteiger partial charge in [0.25, 0.3) is 0 Å². The van der Waals surface area contributed by atoms with Crippen LogP contribution >= 0.6 is 11.3 Å². The zero-order valence-electron chi connectivity index (χ0n) is 12.3. The predicted octanol–water partition coefficient (Wildman–Crippen LogP) is 4.67. The topological polar surface area (TPSA) is 37.3 Å². The maximum Gasteiger partial charge on any atom is 0.147 e. The van der Waals surface area contributed by atoms with E-state index >= 15 is 0 Å². The molecule has 0 aliphatic heterocycles. The second-order valence-corrected chi connectivity index (χ2v) is 6.48. The minimum absolute atomic E-state index is 0.772. The first-order chi connectivity index (χ1) is 10.1. The zero-order chi connectivity index (χ0) is 14.8. The molecule has 0 atom stereocenters. The van der Waals surface area contributed by atoms with Gasteiger partial charge in [0.2, 0.25) is 0 Å². The Morgan fingerprint density at radius 2 is 1.95 bits per heavy atom. The smallest absolute Gasteiger partial charge is 0.147 e. The molecule has 106 valence electrons. The Labute approximate surface area is 128 Å². The highest BCUT2D eigenvalue weighted by Crippen LogP contribution is 2.21. The molecule has 1 aromatic carbocycles. The Hall–Kier alpha value is -2.20. The van der Waals surface area contributed by atoms with Crippen LogP contribution in [-0.2, 0) is 0 Å². The number of thiophene rings is 1. The van der Waals surface area contributed by atoms with E-state index in [1.807, 2.05) is 12.3 Å². The number of fused-ring (bicyclic) bond motifs is 1. The predicted molar refractivity (Wildman–Crippen MR) is 91.5 cm³/mol. The summed E-state index contributed by atoms with van der Waals surface area (Å²) in [7, 11) is 0. The number of rotatable bonds is 3. The molecule has 0 fully saturated rings. The first-order valence-corrected chi connectivity index (χ1v) is 7.67. The van der Waals surface area contributed by atoms with E-state index in [1.54, 1.807) is 11.3 Å². The molecular weight excluding hydrogens is 278 g/mol. The number of hydrogen-bond acceptors (Lipinski definition) is 4. The number of pyridine rings is 1. The van der Waals surface area contributed by atoms with Gasteiger partial charge in [-0.25, -0.2) is 4.98 Å². The SMILES string of the molecule is Cc1ccc2nc(N/N=C/c3ccc(C)s3)cc(C)c2c1. The molecule has 3 nitrogen and oxygen atoms in total. The van der Waals surface area contributed by atoms with E-state index in [4.69, 9.17) is 0 Å². The fourth-order valence-corrected chi connectivity index (χ4v) is 3.00. The molecule has 2 aromatic heterocycles. The number of hydrazone groups is 1. The van der Waals surface area contributed by atoms with E-state index in [-0.39, 0.29) is 0 Å². The van der Waals surface area contributed by atoms with Crippen molar-refractivity contribution in [2.24, 2.45) is 5.10 Å². The van der Waals surface area contributed by atoms with Crippen LogP contribution in [0.15, 0.2) is 41.5 Å². The average molecular weight is 295 g/mol. The Balaban J connectivity index is 1.84. The van der Waals surface area contributed by atoms with E-state index in [0.717, 1.165) is 16.2 Å². The van der Waals surface area contributed by atoms with Gasteiger partial charge in [-0.05, 0) is 56.7 Å². The average Bonchev–Trinajstić information content (AvgIpc) is 2.85. The van der Waals surface area contributed by atoms with Gasteiger partial charge in [-0.2, -0.15) is 5.10 Å². The standard InChI is InChI=1S/C17H17N3S/c1-11-4-7-16-15(8-11)12(2)9-17(19-16)20-18-10-14-6-5-13(3)21-14/h4-10H,1-3H3,(H,19,20)/b18-10+. The van der Waals surface area contributed by atoms with Gasteiger partial charge in [-0.15, -0.1) is 11.3 Å². The van der Waals surface area contributed by atoms with Crippen LogP contribution in [0.25, 0.3) is 10.9 Å². The molecular formula is C17H17N3S. The Kier molecular flexibility index (Phi) is 3.71. The lowest BCUT2D eigenvalue weighted by atomic mass is 10.1. The number of benzene rings is 1. The Morgan fingerprint density at radius 1 is 1.10 bits per heavy atom. The normalized spacial score (nSPS) is 11.4. The molecule has 3 rings (SSSR count). The molecule has 0 unspecified atom stereocenters. The van der Waals surface area contributed by atoms with Crippen molar-refractivity contribution in [2.45, 2.75) is 20.8 Å². The maximum atomic E-state index is 4.59. The highest BCUT2D eigenvalue weighted by atomic mass is 32.1. The third kappa shape index (κ3) is 3.11. The minimum Gasteiger partial charge on any atom is -0.261 e. The van der Waals surface area contributed by atoms with Crippen molar-refractivity contribution < 1.29 is 0 Å². The van der Waals surface area contributed by atoms with Crippen LogP contribution in [0.2, 0.25) is 0 Å². The number of anilines is 1. The number of hydrogen-bond donors (Lipinski definition) is 1. The molecule has 1 N–H and O–H groups in total. The van der Waals surface area contributed by atoms with E-state index in [2.05, 4.69) is 66.6 Å². The fourth-order valence-electron chi connectivity index (χ4n) is 2.25. The third-order valence-electron chi connectivity index (χ3n) is 3.30. The molecule has 3 aromatic rings. The molecule has 0 amide bonds. The van der Waals surface area contributed by atoms with Crippen LogP contribution in [0.1, 0.15) is 20.9 Å². The summed E-state index contributed by atoms with van der Waals surface area (Å²) in [6, 6.07) is 12.5. The lowest BCUT2D eigenvalue weighted by molar-refractivity contribution is 1.25. The van der Waals surface area contributed by atoms with Crippen molar-refractivity contribution in [2.75, 3.05) is 5.43 Å². The summed E-state index contributed by atoms with van der Waals surface area (Å²) < 4.78 is 0. The van der Waals surface area contributed by atoms with Crippen molar-refractivity contribution in [1.82, 2.24) is 4.98 Å². The van der Waals surface area contributed by atoms with E-state index in [0.29, 0.717) is 0 Å². The van der Waals surface area contributed by atoms with Crippen molar-refractivity contribution in [3.05, 3.63) is 57.3 Å². The lowest BCUT2D eigenvalue weighted by Crippen LogP contribution is -1.95. The number of nitrogens with zero attached hydrogens (tertiary/aromatic N) is 2. The lowest BCUT2D eigenvalue weighted by Gasteiger charge is -2.06. The summed E-state index contributed by atoms with van der Waals surface area (Å²) in [6.07, 6.45) is 1.83. The van der Waals surface area contributed by atoms with Gasteiger partial charge in [0.1, 0.15) is 5.82 Å². The van der Waals surface area contributed by atoms with Crippen molar-refractivity contribution in [3.63, 3.8) is 0 Å². The molecule has 0 saturated carbocycles. The number of aryl methyl sites for hydroxylation is 3. The Morgan fingerprint density at radius 3 is 2.71 bits per heavy atom. The highest BCUT2D eigenvalue weighted by Gasteiger charge is 2.02. The monoisotopic (exact) mass is 295 g/mol. The van der Waals surface area contributed by atoms with Gasteiger partial charge in [-0.3, -0.25) is 5.43 Å². The molecule has 0 aliphatic carbocycles. The largest absolute Gasteiger partial charge is 0.261 e. The molecule has 2 heterocycles. The van der Waals surface area contributed by atoms with E-state index in [9.17, 15) is 0 Å². The summed E-state index contributed by atoms with van der Waals surface area (Å²) in [4.78, 5) is 7.01. The second-order valence-electron chi connectivity index (χ2n) is 5.16. The number of aromatic nitrogens is 1. The van der Waals surface area contributed by atoms with Crippen LogP contribution in [0.5, 0.6) is 0 Å². The summed E-state index contributed by atoms with van der Waals surface area (Å²) >= 11 is 1.72. The first kappa shape index (κ1) is 13.8. The summed E-state index contributed by atoms with van der Waals surface area (Å²) in [5.74, 6) is 0.772. The molecule has 0 saturated heterocycles. The van der Waals surface area contributed by atoms with Crippen LogP contribution in [0.4, 0.5) is 5.82 Å². The summed E-state index contributed by atoms with van der Waals surface area (Å²) in [5, 5.41) is 5.46. The summed E-state index contributed by atoms with van der Waals surface area (Å²) in [6.45, 7) is 6.28. The van der Waals surface area contributed by atoms with Crippen LogP contribution in [0.3, 0.4) is 0 Å². The van der Waals surface area contributed by atoms with Crippen molar-refractivity contribution in [1.29, 1.82) is 0 Å². The second kappa shape index (κ2) is 5.66. The van der Waals surface area contributed by atoms with Gasteiger partial charge in [0.15, 0.2) is 0 Å². The third-order valence-corrected chi connectivity index (χ3v) is 4.24. The van der Waals surface area contributed by atoms with Gasteiger partial charge in [0.05, 0.1) is 11.7 Å². The molecule has 21 heavy (non-hydrogen) atoms. The van der Waals surface area contributed by atoms with Crippen LogP contribution in [-0.4, -0.2) is 11.2 Å². The van der Waals surface area contributed by atoms with Gasteiger partial charge in [0, 0.05) is 15.1 Å². The van der Waals surface area contributed by atoms with Crippen LogP contribution in [0, 0.1) is 20.8 Å². The maximum absolute atomic E-state index is 4.59. The Bertz CT molecular complexity index is 818. The molecule has 0 aliphatic rings. The minimum atomic E-state index is 0.772. The molecule has 4 heteroatoms.